The summed E-state index contributed by atoms with van der Waals surface area (Å²) < 4.78 is 9.46. The van der Waals surface area contributed by atoms with Crippen LogP contribution in [0.3, 0.4) is 0 Å². The van der Waals surface area contributed by atoms with Crippen LogP contribution in [0.4, 0.5) is 11.6 Å². The van der Waals surface area contributed by atoms with E-state index in [-0.39, 0.29) is 22.3 Å². The summed E-state index contributed by atoms with van der Waals surface area (Å²) in [5.41, 5.74) is 6.04. The zero-order valence-corrected chi connectivity index (χ0v) is 11.7. The topological polar surface area (TPSA) is 120 Å². The molecule has 0 fully saturated rings. The molecule has 2 rings (SSSR count). The summed E-state index contributed by atoms with van der Waals surface area (Å²) in [5, 5.41) is 6.11. The van der Waals surface area contributed by atoms with Crippen LogP contribution < -0.4 is 11.1 Å². The molecule has 3 N–H and O–H groups in total. The first-order valence-electron chi connectivity index (χ1n) is 5.78. The highest BCUT2D eigenvalue weighted by atomic mass is 35.5. The Kier molecular flexibility index (Phi) is 4.39. The summed E-state index contributed by atoms with van der Waals surface area (Å²) in [6.45, 7) is 1.03. The molecule has 0 aliphatic rings. The van der Waals surface area contributed by atoms with Crippen LogP contribution >= 0.6 is 11.6 Å². The molecule has 0 radical (unpaired) electrons. The van der Waals surface area contributed by atoms with Crippen molar-refractivity contribution in [3.63, 3.8) is 0 Å². The Balaban J connectivity index is 1.93. The summed E-state index contributed by atoms with van der Waals surface area (Å²) >= 11 is 5.78. The first-order valence-corrected chi connectivity index (χ1v) is 6.16. The normalized spacial score (nSPS) is 10.2. The Morgan fingerprint density at radius 3 is 2.90 bits per heavy atom. The molecule has 2 heterocycles. The first-order chi connectivity index (χ1) is 9.99. The van der Waals surface area contributed by atoms with E-state index >= 15 is 0 Å². The van der Waals surface area contributed by atoms with E-state index in [0.717, 1.165) is 0 Å². The van der Waals surface area contributed by atoms with Gasteiger partial charge >= 0.3 is 5.97 Å². The summed E-state index contributed by atoms with van der Waals surface area (Å²) in [7, 11) is 0. The summed E-state index contributed by atoms with van der Waals surface area (Å²) in [4.78, 5) is 27.2. The lowest BCUT2D eigenvalue weighted by molar-refractivity contribution is -0.119. The van der Waals surface area contributed by atoms with E-state index in [4.69, 9.17) is 22.1 Å². The molecule has 2 aromatic rings. The number of nitrogens with two attached hydrogens (primary N) is 1. The highest BCUT2D eigenvalue weighted by Gasteiger charge is 2.21. The molecular weight excluding hydrogens is 300 g/mol. The second-order valence-electron chi connectivity index (χ2n) is 3.97. The molecular formula is C12H11ClN4O4. The van der Waals surface area contributed by atoms with Gasteiger partial charge in [0.1, 0.15) is 5.56 Å². The Morgan fingerprint density at radius 2 is 2.29 bits per heavy atom. The minimum absolute atomic E-state index is 0.00205. The molecule has 2 aromatic heterocycles. The van der Waals surface area contributed by atoms with E-state index in [1.54, 1.807) is 12.1 Å². The smallest absolute Gasteiger partial charge is 0.346 e. The van der Waals surface area contributed by atoms with Crippen molar-refractivity contribution in [1.82, 2.24) is 10.1 Å². The average Bonchev–Trinajstić information content (AvgIpc) is 2.78. The van der Waals surface area contributed by atoms with Gasteiger partial charge in [-0.1, -0.05) is 16.8 Å². The quantitative estimate of drug-likeness (QED) is 0.647. The molecule has 0 aromatic carbocycles. The number of carbonyl (C=O) groups is 2. The standard InChI is InChI=1S/C12H11ClN4O4/c1-6-9(11(14)21-17-6)12(19)20-5-8(18)16-7-3-2-4-15-10(7)13/h2-4H,5,14H2,1H3,(H,16,18). The minimum atomic E-state index is -0.793. The van der Waals surface area contributed by atoms with Crippen LogP contribution in [0.1, 0.15) is 16.1 Å². The number of anilines is 2. The summed E-state index contributed by atoms with van der Waals surface area (Å²) in [6, 6.07) is 3.17. The molecule has 0 unspecified atom stereocenters. The molecule has 0 aliphatic carbocycles. The lowest BCUT2D eigenvalue weighted by Gasteiger charge is -2.07. The molecule has 110 valence electrons. The minimum Gasteiger partial charge on any atom is -0.452 e. The number of amides is 1. The SMILES string of the molecule is Cc1noc(N)c1C(=O)OCC(=O)Nc1cccnc1Cl. The number of nitrogens with one attached hydrogen (secondary N) is 1. The lowest BCUT2D eigenvalue weighted by Crippen LogP contribution is -2.21. The predicted molar refractivity (Wildman–Crippen MR) is 73.8 cm³/mol. The van der Waals surface area contributed by atoms with Gasteiger partial charge in [0.2, 0.25) is 5.88 Å². The van der Waals surface area contributed by atoms with E-state index in [1.807, 2.05) is 0 Å². The van der Waals surface area contributed by atoms with Crippen LogP contribution in [0.15, 0.2) is 22.9 Å². The van der Waals surface area contributed by atoms with Gasteiger partial charge in [0.25, 0.3) is 5.91 Å². The van der Waals surface area contributed by atoms with Crippen LogP contribution in [-0.4, -0.2) is 28.6 Å². The van der Waals surface area contributed by atoms with Crippen molar-refractivity contribution in [3.05, 3.63) is 34.7 Å². The molecule has 1 amide bonds. The van der Waals surface area contributed by atoms with Gasteiger partial charge in [-0.25, -0.2) is 9.78 Å². The van der Waals surface area contributed by atoms with E-state index in [0.29, 0.717) is 5.69 Å². The number of aromatic nitrogens is 2. The maximum atomic E-state index is 11.8. The predicted octanol–water partition coefficient (Wildman–Crippen LogP) is 1.41. The van der Waals surface area contributed by atoms with E-state index in [2.05, 4.69) is 20.0 Å². The molecule has 21 heavy (non-hydrogen) atoms. The fourth-order valence-electron chi connectivity index (χ4n) is 1.50. The number of pyridine rings is 1. The Bertz CT molecular complexity index is 666. The van der Waals surface area contributed by atoms with E-state index < -0.39 is 18.5 Å². The molecule has 8 nitrogen and oxygen atoms in total. The first kappa shape index (κ1) is 14.8. The molecule has 0 saturated heterocycles. The summed E-state index contributed by atoms with van der Waals surface area (Å²) in [5.74, 6) is -1.52. The zero-order valence-electron chi connectivity index (χ0n) is 10.9. The Morgan fingerprint density at radius 1 is 1.52 bits per heavy atom. The molecule has 0 bridgehead atoms. The largest absolute Gasteiger partial charge is 0.452 e. The van der Waals surface area contributed by atoms with Crippen molar-refractivity contribution >= 4 is 35.0 Å². The lowest BCUT2D eigenvalue weighted by atomic mass is 10.2. The van der Waals surface area contributed by atoms with Crippen LogP contribution in [0.25, 0.3) is 0 Å². The molecule has 9 heteroatoms. The molecule has 0 atom stereocenters. The van der Waals surface area contributed by atoms with Crippen molar-refractivity contribution in [1.29, 1.82) is 0 Å². The number of esters is 1. The van der Waals surface area contributed by atoms with Gasteiger partial charge in [-0.05, 0) is 19.1 Å². The van der Waals surface area contributed by atoms with Gasteiger partial charge in [-0.2, -0.15) is 0 Å². The Hall–Kier alpha value is -2.61. The number of aryl methyl sites for hydroxylation is 1. The third kappa shape index (κ3) is 3.48. The third-order valence-electron chi connectivity index (χ3n) is 2.46. The highest BCUT2D eigenvalue weighted by molar-refractivity contribution is 6.32. The number of hydrogen-bond donors (Lipinski definition) is 2. The molecule has 0 saturated carbocycles. The number of nitrogens with zero attached hydrogens (tertiary/aromatic N) is 2. The fraction of sp³-hybridized carbons (Fsp3) is 0.167. The fourth-order valence-corrected chi connectivity index (χ4v) is 1.67. The van der Waals surface area contributed by atoms with Crippen LogP contribution in [0.5, 0.6) is 0 Å². The number of halogens is 1. The van der Waals surface area contributed by atoms with Crippen LogP contribution in [0, 0.1) is 6.92 Å². The molecule has 0 spiro atoms. The number of ether oxygens (including phenoxy) is 1. The number of carbonyl (C=O) groups excluding carboxylic acids is 2. The maximum absolute atomic E-state index is 11.8. The number of hydrogen-bond acceptors (Lipinski definition) is 7. The zero-order chi connectivity index (χ0) is 15.4. The van der Waals surface area contributed by atoms with Gasteiger partial charge in [0.15, 0.2) is 11.8 Å². The number of rotatable bonds is 4. The monoisotopic (exact) mass is 310 g/mol. The van der Waals surface area contributed by atoms with Crippen molar-refractivity contribution in [2.24, 2.45) is 0 Å². The van der Waals surface area contributed by atoms with Crippen molar-refractivity contribution in [3.8, 4) is 0 Å². The van der Waals surface area contributed by atoms with Gasteiger partial charge in [0.05, 0.1) is 11.4 Å². The second kappa shape index (κ2) is 6.23. The van der Waals surface area contributed by atoms with Gasteiger partial charge in [0, 0.05) is 6.20 Å². The number of nitrogen functional groups attached to an aromatic ring is 1. The molecule has 0 aliphatic heterocycles. The van der Waals surface area contributed by atoms with E-state index in [9.17, 15) is 9.59 Å². The van der Waals surface area contributed by atoms with Crippen molar-refractivity contribution in [2.45, 2.75) is 6.92 Å². The average molecular weight is 311 g/mol. The van der Waals surface area contributed by atoms with Gasteiger partial charge in [-0.3, -0.25) is 4.79 Å². The highest BCUT2D eigenvalue weighted by Crippen LogP contribution is 2.18. The van der Waals surface area contributed by atoms with E-state index in [1.165, 1.54) is 13.1 Å². The summed E-state index contributed by atoms with van der Waals surface area (Å²) in [6.07, 6.45) is 1.48. The van der Waals surface area contributed by atoms with Crippen LogP contribution in [-0.2, 0) is 9.53 Å². The van der Waals surface area contributed by atoms with Crippen molar-refractivity contribution < 1.29 is 18.8 Å². The van der Waals surface area contributed by atoms with Gasteiger partial charge < -0.3 is 20.3 Å². The van der Waals surface area contributed by atoms with Crippen molar-refractivity contribution in [2.75, 3.05) is 17.7 Å². The van der Waals surface area contributed by atoms with Crippen LogP contribution in [0.2, 0.25) is 5.15 Å². The second-order valence-corrected chi connectivity index (χ2v) is 4.33. The third-order valence-corrected chi connectivity index (χ3v) is 2.76. The maximum Gasteiger partial charge on any atom is 0.346 e. The van der Waals surface area contributed by atoms with Gasteiger partial charge in [-0.15, -0.1) is 0 Å². The Labute approximate surface area is 124 Å².